The van der Waals surface area contributed by atoms with Gasteiger partial charge in [0.1, 0.15) is 17.6 Å². The van der Waals surface area contributed by atoms with E-state index >= 15 is 0 Å². The van der Waals surface area contributed by atoms with E-state index in [2.05, 4.69) is 57.1 Å². The van der Waals surface area contributed by atoms with E-state index < -0.39 is 0 Å². The number of nitriles is 1. The van der Waals surface area contributed by atoms with Gasteiger partial charge in [0.05, 0.1) is 16.8 Å². The van der Waals surface area contributed by atoms with Gasteiger partial charge in [0.25, 0.3) is 5.91 Å². The van der Waals surface area contributed by atoms with E-state index in [1.165, 1.54) is 0 Å². The number of likely N-dealkylation sites (N-methyl/N-ethyl adjacent to an activating group) is 1. The van der Waals surface area contributed by atoms with Gasteiger partial charge in [0.2, 0.25) is 0 Å². The number of fused-ring (bicyclic) bond motifs is 1. The van der Waals surface area contributed by atoms with E-state index in [1.807, 2.05) is 49.0 Å². The summed E-state index contributed by atoms with van der Waals surface area (Å²) in [6, 6.07) is 14.0. The van der Waals surface area contributed by atoms with Gasteiger partial charge in [-0.15, -0.1) is 0 Å². The lowest BCUT2D eigenvalue weighted by atomic mass is 10.1. The van der Waals surface area contributed by atoms with Crippen molar-refractivity contribution in [3.8, 4) is 23.1 Å². The molecule has 0 saturated carbocycles. The highest BCUT2D eigenvalue weighted by molar-refractivity contribution is 14.1. The number of aryl methyl sites for hydroxylation is 1. The molecule has 1 aliphatic rings. The molecule has 35 heavy (non-hydrogen) atoms. The zero-order valence-corrected chi connectivity index (χ0v) is 22.1. The van der Waals surface area contributed by atoms with Gasteiger partial charge in [-0.05, 0) is 92.3 Å². The number of benzene rings is 2. The van der Waals surface area contributed by atoms with Crippen LogP contribution in [0.4, 0.5) is 0 Å². The molecule has 1 saturated heterocycles. The summed E-state index contributed by atoms with van der Waals surface area (Å²) < 4.78 is 4.65. The van der Waals surface area contributed by atoms with E-state index in [0.717, 1.165) is 57.3 Å². The normalized spacial score (nSPS) is 16.4. The van der Waals surface area contributed by atoms with Crippen molar-refractivity contribution in [2.45, 2.75) is 25.8 Å². The van der Waals surface area contributed by atoms with Crippen molar-refractivity contribution in [2.24, 2.45) is 7.05 Å². The van der Waals surface area contributed by atoms with Gasteiger partial charge in [0.15, 0.2) is 0 Å². The summed E-state index contributed by atoms with van der Waals surface area (Å²) in [4.78, 5) is 20.5. The molecule has 0 unspecified atom stereocenters. The summed E-state index contributed by atoms with van der Waals surface area (Å²) in [7, 11) is 3.98. The van der Waals surface area contributed by atoms with Crippen molar-refractivity contribution in [1.82, 2.24) is 29.5 Å². The predicted molar refractivity (Wildman–Crippen MR) is 143 cm³/mol. The fourth-order valence-electron chi connectivity index (χ4n) is 4.78. The molecular formula is C26H26IN7O. The summed E-state index contributed by atoms with van der Waals surface area (Å²) in [6.45, 7) is 3.82. The van der Waals surface area contributed by atoms with Gasteiger partial charge < -0.3 is 10.2 Å². The number of nitrogens with zero attached hydrogens (tertiary/aromatic N) is 6. The Labute approximate surface area is 217 Å². The van der Waals surface area contributed by atoms with Gasteiger partial charge in [-0.25, -0.2) is 4.98 Å². The third-order valence-corrected chi connectivity index (χ3v) is 7.38. The van der Waals surface area contributed by atoms with Crippen LogP contribution in [0.3, 0.4) is 0 Å². The van der Waals surface area contributed by atoms with Gasteiger partial charge >= 0.3 is 0 Å². The fourth-order valence-corrected chi connectivity index (χ4v) is 5.42. The number of amides is 1. The van der Waals surface area contributed by atoms with Crippen molar-refractivity contribution < 1.29 is 4.79 Å². The molecule has 5 rings (SSSR count). The van der Waals surface area contributed by atoms with Crippen LogP contribution in [-0.2, 0) is 7.05 Å². The number of hydrogen-bond acceptors (Lipinski definition) is 5. The molecule has 0 spiro atoms. The van der Waals surface area contributed by atoms with Crippen molar-refractivity contribution in [1.29, 1.82) is 5.26 Å². The third-order valence-electron chi connectivity index (χ3n) is 6.49. The molecule has 8 nitrogen and oxygen atoms in total. The first-order valence-electron chi connectivity index (χ1n) is 11.6. The number of nitrogens with one attached hydrogen (secondary N) is 1. The number of likely N-dealkylation sites (tertiary alicyclic amines) is 1. The van der Waals surface area contributed by atoms with Crippen LogP contribution in [0.2, 0.25) is 0 Å². The summed E-state index contributed by atoms with van der Waals surface area (Å²) in [5, 5.41) is 18.1. The molecule has 4 aromatic rings. The minimum absolute atomic E-state index is 0.108. The van der Waals surface area contributed by atoms with E-state index in [9.17, 15) is 10.1 Å². The predicted octanol–water partition coefficient (Wildman–Crippen LogP) is 4.03. The molecule has 0 bridgehead atoms. The largest absolute Gasteiger partial charge is 0.347 e. The number of piperidine rings is 1. The van der Waals surface area contributed by atoms with Crippen LogP contribution >= 0.6 is 22.6 Å². The lowest BCUT2D eigenvalue weighted by Crippen LogP contribution is -2.46. The molecule has 178 valence electrons. The van der Waals surface area contributed by atoms with E-state index in [1.54, 1.807) is 10.7 Å². The Morgan fingerprint density at radius 3 is 2.80 bits per heavy atom. The second-order valence-electron chi connectivity index (χ2n) is 9.13. The summed E-state index contributed by atoms with van der Waals surface area (Å²) in [6.07, 6.45) is 4.01. The van der Waals surface area contributed by atoms with E-state index in [-0.39, 0.29) is 11.9 Å². The Hall–Kier alpha value is -3.23. The Balaban J connectivity index is 1.62. The first-order valence-corrected chi connectivity index (χ1v) is 12.6. The van der Waals surface area contributed by atoms with Crippen molar-refractivity contribution in [3.63, 3.8) is 0 Å². The molecule has 2 aromatic carbocycles. The maximum atomic E-state index is 13.4. The second-order valence-corrected chi connectivity index (χ2v) is 10.3. The molecule has 1 fully saturated rings. The second kappa shape index (κ2) is 9.43. The van der Waals surface area contributed by atoms with Crippen LogP contribution < -0.4 is 5.32 Å². The standard InChI is InChI=1S/C26H26IN7O/c1-16-24(26(35)29-20-5-4-10-32(2)15-20)30-25(17-6-7-18(13-28)22(27)12-17)34(16)21-8-9-23-19(11-21)14-33(3)31-23/h6-9,11-12,14,20H,4-5,10,15H2,1-3H3,(H,29,35)/t20-/m1/s1. The Bertz CT molecular complexity index is 1480. The number of imidazole rings is 1. The summed E-state index contributed by atoms with van der Waals surface area (Å²) in [5.74, 6) is 0.507. The van der Waals surface area contributed by atoms with Crippen LogP contribution in [0, 0.1) is 21.8 Å². The summed E-state index contributed by atoms with van der Waals surface area (Å²) in [5.41, 5.74) is 4.45. The van der Waals surface area contributed by atoms with Crippen molar-refractivity contribution in [2.75, 3.05) is 20.1 Å². The van der Waals surface area contributed by atoms with Gasteiger partial charge in [-0.2, -0.15) is 10.4 Å². The number of rotatable bonds is 4. The Kier molecular flexibility index (Phi) is 6.34. The minimum Gasteiger partial charge on any atom is -0.347 e. The highest BCUT2D eigenvalue weighted by Gasteiger charge is 2.25. The van der Waals surface area contributed by atoms with Gasteiger partial charge in [0, 0.05) is 46.0 Å². The van der Waals surface area contributed by atoms with Crippen LogP contribution in [0.15, 0.2) is 42.6 Å². The van der Waals surface area contributed by atoms with Crippen molar-refractivity contribution >= 4 is 39.4 Å². The number of aromatic nitrogens is 4. The highest BCUT2D eigenvalue weighted by Crippen LogP contribution is 2.30. The average Bonchev–Trinajstić information content (AvgIpc) is 3.37. The van der Waals surface area contributed by atoms with Crippen LogP contribution in [-0.4, -0.2) is 56.3 Å². The Morgan fingerprint density at radius 2 is 2.06 bits per heavy atom. The molecule has 1 atom stereocenters. The molecule has 3 heterocycles. The number of carbonyl (C=O) groups excluding carboxylic acids is 1. The third kappa shape index (κ3) is 4.56. The molecule has 0 radical (unpaired) electrons. The number of halogens is 1. The van der Waals surface area contributed by atoms with Gasteiger partial charge in [-0.1, -0.05) is 0 Å². The lowest BCUT2D eigenvalue weighted by molar-refractivity contribution is 0.0907. The monoisotopic (exact) mass is 579 g/mol. The SMILES string of the molecule is Cc1c(C(=O)N[C@@H]2CCCN(C)C2)nc(-c2ccc(C#N)c(I)c2)n1-c1ccc2nn(C)cc2c1. The smallest absolute Gasteiger partial charge is 0.272 e. The van der Waals surface area contributed by atoms with Gasteiger partial charge in [-0.3, -0.25) is 14.0 Å². The maximum Gasteiger partial charge on any atom is 0.272 e. The lowest BCUT2D eigenvalue weighted by Gasteiger charge is -2.30. The van der Waals surface area contributed by atoms with Crippen LogP contribution in [0.1, 0.15) is 34.6 Å². The first kappa shape index (κ1) is 23.5. The molecule has 1 aliphatic heterocycles. The quantitative estimate of drug-likeness (QED) is 0.369. The average molecular weight is 579 g/mol. The van der Waals surface area contributed by atoms with E-state index in [0.29, 0.717) is 17.1 Å². The molecular weight excluding hydrogens is 553 g/mol. The zero-order valence-electron chi connectivity index (χ0n) is 19.9. The number of hydrogen-bond donors (Lipinski definition) is 1. The first-order chi connectivity index (χ1) is 16.8. The van der Waals surface area contributed by atoms with Crippen LogP contribution in [0.5, 0.6) is 0 Å². The number of carbonyl (C=O) groups is 1. The highest BCUT2D eigenvalue weighted by atomic mass is 127. The molecule has 9 heteroatoms. The molecule has 2 aromatic heterocycles. The molecule has 0 aliphatic carbocycles. The molecule has 1 N–H and O–H groups in total. The Morgan fingerprint density at radius 1 is 1.23 bits per heavy atom. The minimum atomic E-state index is -0.159. The van der Waals surface area contributed by atoms with E-state index in [4.69, 9.17) is 4.98 Å². The van der Waals surface area contributed by atoms with Crippen molar-refractivity contribution in [3.05, 3.63) is 63.1 Å². The zero-order chi connectivity index (χ0) is 24.7. The fraction of sp³-hybridized carbons (Fsp3) is 0.308. The molecule has 1 amide bonds. The van der Waals surface area contributed by atoms with Crippen LogP contribution in [0.25, 0.3) is 28.0 Å². The topological polar surface area (TPSA) is 91.8 Å². The maximum absolute atomic E-state index is 13.4. The summed E-state index contributed by atoms with van der Waals surface area (Å²) >= 11 is 2.17.